The third-order valence-electron chi connectivity index (χ3n) is 4.49. The molecule has 0 aliphatic rings. The molecule has 0 saturated carbocycles. The van der Waals surface area contributed by atoms with Crippen LogP contribution < -0.4 is 14.8 Å². The van der Waals surface area contributed by atoms with Gasteiger partial charge in [-0.3, -0.25) is 0 Å². The summed E-state index contributed by atoms with van der Waals surface area (Å²) in [4.78, 5) is 0. The molecule has 0 aliphatic carbocycles. The summed E-state index contributed by atoms with van der Waals surface area (Å²) in [7, 11) is 0. The van der Waals surface area contributed by atoms with E-state index in [2.05, 4.69) is 21.2 Å². The maximum atomic E-state index is 13.7. The molecule has 3 aromatic carbocycles. The van der Waals surface area contributed by atoms with Crippen molar-refractivity contribution in [3.8, 4) is 11.5 Å². The predicted octanol–water partition coefficient (Wildman–Crippen LogP) is 5.90. The second kappa shape index (κ2) is 11.0. The van der Waals surface area contributed by atoms with Gasteiger partial charge in [0.2, 0.25) is 0 Å². The summed E-state index contributed by atoms with van der Waals surface area (Å²) in [5.74, 6) is 1.27. The maximum absolute atomic E-state index is 13.7. The fourth-order valence-corrected chi connectivity index (χ4v) is 3.44. The summed E-state index contributed by atoms with van der Waals surface area (Å²) in [6.45, 7) is 4.32. The summed E-state index contributed by atoms with van der Waals surface area (Å²) < 4.78 is 26.4. The number of halogens is 2. The van der Waals surface area contributed by atoms with E-state index < -0.39 is 0 Å². The normalized spacial score (nSPS) is 10.7. The molecule has 152 valence electrons. The topological polar surface area (TPSA) is 30.5 Å². The number of hydrogen-bond acceptors (Lipinski definition) is 3. The molecule has 3 aromatic rings. The van der Waals surface area contributed by atoms with E-state index in [1.807, 2.05) is 61.5 Å². The minimum absolute atomic E-state index is 0.158. The lowest BCUT2D eigenvalue weighted by atomic mass is 10.1. The number of rotatable bonds is 10. The monoisotopic (exact) mass is 457 g/mol. The molecule has 0 aromatic heterocycles. The van der Waals surface area contributed by atoms with E-state index in [9.17, 15) is 4.39 Å². The first-order chi connectivity index (χ1) is 14.2. The lowest BCUT2D eigenvalue weighted by Gasteiger charge is -2.15. The molecular formula is C24H25BrFNO2. The number of ether oxygens (including phenoxy) is 2. The Kier molecular flexibility index (Phi) is 8.08. The van der Waals surface area contributed by atoms with E-state index in [1.165, 1.54) is 6.07 Å². The van der Waals surface area contributed by atoms with Crippen molar-refractivity contribution in [3.63, 3.8) is 0 Å². The fourth-order valence-electron chi connectivity index (χ4n) is 2.98. The second-order valence-corrected chi connectivity index (χ2v) is 7.47. The highest BCUT2D eigenvalue weighted by Gasteiger charge is 2.11. The molecule has 3 nitrogen and oxygen atoms in total. The van der Waals surface area contributed by atoms with Gasteiger partial charge in [0.1, 0.15) is 12.4 Å². The zero-order chi connectivity index (χ0) is 20.5. The van der Waals surface area contributed by atoms with E-state index in [0.717, 1.165) is 26.9 Å². The van der Waals surface area contributed by atoms with Crippen LogP contribution in [0, 0.1) is 5.82 Å². The van der Waals surface area contributed by atoms with Crippen molar-refractivity contribution < 1.29 is 13.9 Å². The summed E-state index contributed by atoms with van der Waals surface area (Å²) in [5.41, 5.74) is 2.89. The molecule has 0 spiro atoms. The van der Waals surface area contributed by atoms with Crippen LogP contribution in [0.2, 0.25) is 0 Å². The minimum Gasteiger partial charge on any atom is -0.490 e. The first kappa shape index (κ1) is 21.3. The third-order valence-corrected chi connectivity index (χ3v) is 5.23. The number of nitrogens with one attached hydrogen (secondary N) is 1. The highest BCUT2D eigenvalue weighted by molar-refractivity contribution is 9.10. The first-order valence-corrected chi connectivity index (χ1v) is 10.5. The van der Waals surface area contributed by atoms with Crippen molar-refractivity contribution in [3.05, 3.63) is 93.7 Å². The van der Waals surface area contributed by atoms with Crippen LogP contribution >= 0.6 is 15.9 Å². The van der Waals surface area contributed by atoms with Crippen LogP contribution in [-0.2, 0) is 19.6 Å². The fraction of sp³-hybridized carbons (Fsp3) is 0.250. The van der Waals surface area contributed by atoms with Crippen LogP contribution in [0.25, 0.3) is 0 Å². The number of benzene rings is 3. The Hall–Kier alpha value is -2.37. The van der Waals surface area contributed by atoms with Crippen LogP contribution in [0.1, 0.15) is 23.6 Å². The Labute approximate surface area is 180 Å². The quantitative estimate of drug-likeness (QED) is 0.384. The molecule has 29 heavy (non-hydrogen) atoms. The van der Waals surface area contributed by atoms with Crippen molar-refractivity contribution in [2.45, 2.75) is 26.5 Å². The molecule has 0 aliphatic heterocycles. The van der Waals surface area contributed by atoms with Gasteiger partial charge < -0.3 is 14.8 Å². The Morgan fingerprint density at radius 2 is 1.62 bits per heavy atom. The van der Waals surface area contributed by atoms with E-state index in [-0.39, 0.29) is 5.82 Å². The molecule has 0 unspecified atom stereocenters. The predicted molar refractivity (Wildman–Crippen MR) is 118 cm³/mol. The Morgan fingerprint density at radius 1 is 0.897 bits per heavy atom. The van der Waals surface area contributed by atoms with Crippen LogP contribution in [0.3, 0.4) is 0 Å². The van der Waals surface area contributed by atoms with Gasteiger partial charge in [-0.1, -0.05) is 64.5 Å². The van der Waals surface area contributed by atoms with Gasteiger partial charge in [0.15, 0.2) is 11.5 Å². The molecule has 0 atom stereocenters. The number of hydrogen-bond donors (Lipinski definition) is 1. The minimum atomic E-state index is -0.158. The van der Waals surface area contributed by atoms with Crippen LogP contribution in [0.5, 0.6) is 11.5 Å². The highest BCUT2D eigenvalue weighted by Crippen LogP contribution is 2.34. The molecule has 0 bridgehead atoms. The van der Waals surface area contributed by atoms with Crippen molar-refractivity contribution in [1.82, 2.24) is 5.32 Å². The Balaban J connectivity index is 1.61. The van der Waals surface area contributed by atoms with Gasteiger partial charge in [0.25, 0.3) is 0 Å². The van der Waals surface area contributed by atoms with Gasteiger partial charge in [-0.15, -0.1) is 0 Å². The Morgan fingerprint density at radius 3 is 2.38 bits per heavy atom. The molecule has 3 rings (SSSR count). The molecule has 5 heteroatoms. The SMILES string of the molecule is CCOc1cc(CNCCc2ccccc2F)c(Br)cc1OCc1ccccc1. The van der Waals surface area contributed by atoms with Gasteiger partial charge in [-0.25, -0.2) is 4.39 Å². The van der Waals surface area contributed by atoms with Crippen molar-refractivity contribution in [2.75, 3.05) is 13.2 Å². The Bertz CT molecular complexity index is 918. The smallest absolute Gasteiger partial charge is 0.162 e. The molecule has 0 heterocycles. The largest absolute Gasteiger partial charge is 0.490 e. The summed E-state index contributed by atoms with van der Waals surface area (Å²) in [6, 6.07) is 20.9. The zero-order valence-electron chi connectivity index (χ0n) is 16.5. The summed E-state index contributed by atoms with van der Waals surface area (Å²) in [6.07, 6.45) is 0.640. The molecule has 1 N–H and O–H groups in total. The molecular weight excluding hydrogens is 433 g/mol. The average molecular weight is 458 g/mol. The van der Waals surface area contributed by atoms with E-state index >= 15 is 0 Å². The van der Waals surface area contributed by atoms with Crippen LogP contribution in [0.15, 0.2) is 71.2 Å². The molecule has 0 saturated heterocycles. The second-order valence-electron chi connectivity index (χ2n) is 6.62. The molecule has 0 radical (unpaired) electrons. The highest BCUT2D eigenvalue weighted by atomic mass is 79.9. The van der Waals surface area contributed by atoms with E-state index in [1.54, 1.807) is 6.07 Å². The van der Waals surface area contributed by atoms with E-state index in [4.69, 9.17) is 9.47 Å². The summed E-state index contributed by atoms with van der Waals surface area (Å²) in [5, 5.41) is 3.37. The van der Waals surface area contributed by atoms with Crippen LogP contribution in [-0.4, -0.2) is 13.2 Å². The van der Waals surface area contributed by atoms with Gasteiger partial charge in [0, 0.05) is 11.0 Å². The van der Waals surface area contributed by atoms with Gasteiger partial charge in [0.05, 0.1) is 6.61 Å². The lowest BCUT2D eigenvalue weighted by Crippen LogP contribution is -2.17. The molecule has 0 fully saturated rings. The van der Waals surface area contributed by atoms with Gasteiger partial charge in [-0.05, 0) is 54.8 Å². The van der Waals surface area contributed by atoms with Crippen molar-refractivity contribution >= 4 is 15.9 Å². The lowest BCUT2D eigenvalue weighted by molar-refractivity contribution is 0.269. The van der Waals surface area contributed by atoms with Gasteiger partial charge >= 0.3 is 0 Å². The van der Waals surface area contributed by atoms with Crippen LogP contribution in [0.4, 0.5) is 4.39 Å². The van der Waals surface area contributed by atoms with Crippen molar-refractivity contribution in [1.29, 1.82) is 0 Å². The van der Waals surface area contributed by atoms with E-state index in [0.29, 0.717) is 38.5 Å². The van der Waals surface area contributed by atoms with Crippen molar-refractivity contribution in [2.24, 2.45) is 0 Å². The first-order valence-electron chi connectivity index (χ1n) is 9.73. The average Bonchev–Trinajstić information content (AvgIpc) is 2.74. The zero-order valence-corrected chi connectivity index (χ0v) is 18.0. The standard InChI is InChI=1S/C24H25BrFNO2/c1-2-28-23-14-20(16-27-13-12-19-10-6-7-11-22(19)26)21(25)15-24(23)29-17-18-8-4-3-5-9-18/h3-11,14-15,27H,2,12-13,16-17H2,1H3. The third kappa shape index (κ3) is 6.31. The summed E-state index contributed by atoms with van der Waals surface area (Å²) >= 11 is 3.63. The van der Waals surface area contributed by atoms with Gasteiger partial charge in [-0.2, -0.15) is 0 Å². The maximum Gasteiger partial charge on any atom is 0.162 e. The molecule has 0 amide bonds.